The minimum Gasteiger partial charge on any atom is -0.493 e. The molecule has 0 aliphatic heterocycles. The molecule has 3 aromatic carbocycles. The zero-order chi connectivity index (χ0) is 27.2. The molecule has 0 fully saturated rings. The molecule has 3 amide bonds. The average molecular weight is 517 g/mol. The number of nitrogens with one attached hydrogen (secondary N) is 3. The van der Waals surface area contributed by atoms with E-state index in [0.717, 1.165) is 5.56 Å². The summed E-state index contributed by atoms with van der Waals surface area (Å²) in [6.45, 7) is 4.03. The fourth-order valence-corrected chi connectivity index (χ4v) is 3.12. The van der Waals surface area contributed by atoms with Crippen LogP contribution in [0.4, 0.5) is 5.69 Å². The van der Waals surface area contributed by atoms with E-state index in [4.69, 9.17) is 14.2 Å². The second-order valence-electron chi connectivity index (χ2n) is 7.71. The van der Waals surface area contributed by atoms with Gasteiger partial charge in [-0.3, -0.25) is 14.4 Å². The van der Waals surface area contributed by atoms with Gasteiger partial charge in [-0.1, -0.05) is 49.1 Å². The molecule has 3 aromatic rings. The number of anilines is 1. The Morgan fingerprint density at radius 1 is 0.921 bits per heavy atom. The third-order valence-electron chi connectivity index (χ3n) is 4.97. The minimum absolute atomic E-state index is 0.256. The number of hydrogen-bond donors (Lipinski definition) is 3. The first-order valence-electron chi connectivity index (χ1n) is 11.6. The van der Waals surface area contributed by atoms with Gasteiger partial charge in [-0.15, -0.1) is 0 Å². The molecule has 0 saturated carbocycles. The Balaban J connectivity index is 1.55. The van der Waals surface area contributed by atoms with E-state index in [-0.39, 0.29) is 18.3 Å². The van der Waals surface area contributed by atoms with Crippen molar-refractivity contribution in [1.29, 1.82) is 0 Å². The van der Waals surface area contributed by atoms with Gasteiger partial charge in [-0.25, -0.2) is 5.43 Å². The van der Waals surface area contributed by atoms with Crippen LogP contribution < -0.4 is 30.3 Å². The molecule has 0 aliphatic rings. The number of hydrazone groups is 1. The van der Waals surface area contributed by atoms with Gasteiger partial charge in [0.25, 0.3) is 5.91 Å². The Bertz CT molecular complexity index is 1280. The Labute approximate surface area is 220 Å². The summed E-state index contributed by atoms with van der Waals surface area (Å²) in [4.78, 5) is 36.6. The lowest BCUT2D eigenvalue weighted by Crippen LogP contribution is -2.32. The standard InChI is InChI=1S/C28H28N4O6/c1-3-16-37-23-14-12-22(13-15-23)31-27(34)28(35)32-30-18-21-10-7-11-24(36-2)26(21)38-19-25(33)29-17-20-8-5-4-6-9-20/h3-15,18H,1,16-17,19H2,2H3,(H,29,33)(H,31,34)(H,32,35)/b30-18-. The number of hydrogen-bond acceptors (Lipinski definition) is 7. The van der Waals surface area contributed by atoms with E-state index in [2.05, 4.69) is 27.7 Å². The van der Waals surface area contributed by atoms with Crippen LogP contribution in [0.3, 0.4) is 0 Å². The zero-order valence-electron chi connectivity index (χ0n) is 20.8. The number of nitrogens with zero attached hydrogens (tertiary/aromatic N) is 1. The van der Waals surface area contributed by atoms with Crippen LogP contribution in [0.2, 0.25) is 0 Å². The van der Waals surface area contributed by atoms with Crippen LogP contribution in [0.5, 0.6) is 17.2 Å². The lowest BCUT2D eigenvalue weighted by molar-refractivity contribution is -0.136. The Hall–Kier alpha value is -5.12. The van der Waals surface area contributed by atoms with E-state index in [1.807, 2.05) is 30.3 Å². The van der Waals surface area contributed by atoms with E-state index in [0.29, 0.717) is 35.9 Å². The molecular formula is C28H28N4O6. The molecule has 3 rings (SSSR count). The summed E-state index contributed by atoms with van der Waals surface area (Å²) in [7, 11) is 1.46. The number of ether oxygens (including phenoxy) is 3. The second-order valence-corrected chi connectivity index (χ2v) is 7.71. The van der Waals surface area contributed by atoms with Gasteiger partial charge < -0.3 is 24.8 Å². The van der Waals surface area contributed by atoms with Crippen molar-refractivity contribution >= 4 is 29.6 Å². The highest BCUT2D eigenvalue weighted by atomic mass is 16.5. The molecule has 0 heterocycles. The molecule has 10 heteroatoms. The van der Waals surface area contributed by atoms with Crippen molar-refractivity contribution < 1.29 is 28.6 Å². The van der Waals surface area contributed by atoms with Gasteiger partial charge in [0.1, 0.15) is 12.4 Å². The van der Waals surface area contributed by atoms with Crippen LogP contribution in [0, 0.1) is 0 Å². The number of methoxy groups -OCH3 is 1. The van der Waals surface area contributed by atoms with Crippen molar-refractivity contribution in [2.75, 3.05) is 25.6 Å². The van der Waals surface area contributed by atoms with Crippen LogP contribution in [-0.4, -0.2) is 44.3 Å². The molecule has 196 valence electrons. The number of carbonyl (C=O) groups is 3. The highest BCUT2D eigenvalue weighted by Gasteiger charge is 2.14. The summed E-state index contributed by atoms with van der Waals surface area (Å²) < 4.78 is 16.4. The quantitative estimate of drug-likeness (QED) is 0.147. The van der Waals surface area contributed by atoms with Crippen molar-refractivity contribution in [1.82, 2.24) is 10.7 Å². The molecule has 0 aromatic heterocycles. The zero-order valence-corrected chi connectivity index (χ0v) is 20.8. The van der Waals surface area contributed by atoms with Gasteiger partial charge in [0.05, 0.1) is 13.3 Å². The van der Waals surface area contributed by atoms with Crippen LogP contribution in [0.1, 0.15) is 11.1 Å². The van der Waals surface area contributed by atoms with Gasteiger partial charge in [0.15, 0.2) is 18.1 Å². The number of carbonyl (C=O) groups excluding carboxylic acids is 3. The summed E-state index contributed by atoms with van der Waals surface area (Å²) in [6.07, 6.45) is 2.90. The average Bonchev–Trinajstić information content (AvgIpc) is 2.95. The molecule has 0 atom stereocenters. The highest BCUT2D eigenvalue weighted by Crippen LogP contribution is 2.30. The lowest BCUT2D eigenvalue weighted by Gasteiger charge is -2.13. The first-order valence-corrected chi connectivity index (χ1v) is 11.6. The molecule has 0 saturated heterocycles. The Kier molecular flexibility index (Phi) is 10.4. The SMILES string of the molecule is C=CCOc1ccc(NC(=O)C(=O)N/N=C\c2cccc(OC)c2OCC(=O)NCc2ccccc2)cc1. The van der Waals surface area contributed by atoms with Crippen LogP contribution in [0.15, 0.2) is 90.6 Å². The Morgan fingerprint density at radius 2 is 1.68 bits per heavy atom. The maximum Gasteiger partial charge on any atom is 0.329 e. The smallest absolute Gasteiger partial charge is 0.329 e. The highest BCUT2D eigenvalue weighted by molar-refractivity contribution is 6.39. The molecule has 3 N–H and O–H groups in total. The summed E-state index contributed by atoms with van der Waals surface area (Å²) in [5, 5.41) is 9.09. The largest absolute Gasteiger partial charge is 0.493 e. The maximum atomic E-state index is 12.3. The van der Waals surface area contributed by atoms with Crippen LogP contribution >= 0.6 is 0 Å². The molecule has 0 radical (unpaired) electrons. The number of benzene rings is 3. The predicted molar refractivity (Wildman–Crippen MR) is 143 cm³/mol. The fraction of sp³-hybridized carbons (Fsp3) is 0.143. The molecular weight excluding hydrogens is 488 g/mol. The lowest BCUT2D eigenvalue weighted by atomic mass is 10.2. The van der Waals surface area contributed by atoms with E-state index < -0.39 is 11.8 Å². The van der Waals surface area contributed by atoms with Gasteiger partial charge in [-0.05, 0) is 42.0 Å². The van der Waals surface area contributed by atoms with Gasteiger partial charge in [0, 0.05) is 17.8 Å². The van der Waals surface area contributed by atoms with E-state index in [1.54, 1.807) is 48.5 Å². The summed E-state index contributed by atoms with van der Waals surface area (Å²) >= 11 is 0. The third-order valence-corrected chi connectivity index (χ3v) is 4.97. The topological polar surface area (TPSA) is 127 Å². The van der Waals surface area contributed by atoms with Crippen molar-refractivity contribution in [2.24, 2.45) is 5.10 Å². The van der Waals surface area contributed by atoms with E-state index in [9.17, 15) is 14.4 Å². The number of rotatable bonds is 12. The third kappa shape index (κ3) is 8.52. The number of amides is 3. The molecule has 10 nitrogen and oxygen atoms in total. The molecule has 0 unspecified atom stereocenters. The van der Waals surface area contributed by atoms with Gasteiger partial charge in [-0.2, -0.15) is 5.10 Å². The van der Waals surface area contributed by atoms with Gasteiger partial charge in [0.2, 0.25) is 0 Å². The molecule has 0 aliphatic carbocycles. The number of para-hydroxylation sites is 1. The van der Waals surface area contributed by atoms with E-state index in [1.165, 1.54) is 13.3 Å². The summed E-state index contributed by atoms with van der Waals surface area (Å²) in [6, 6.07) is 21.0. The maximum absolute atomic E-state index is 12.3. The fourth-order valence-electron chi connectivity index (χ4n) is 3.12. The van der Waals surface area contributed by atoms with Crippen LogP contribution in [-0.2, 0) is 20.9 Å². The molecule has 0 spiro atoms. The molecule has 38 heavy (non-hydrogen) atoms. The first kappa shape index (κ1) is 27.5. The van der Waals surface area contributed by atoms with Gasteiger partial charge >= 0.3 is 11.8 Å². The summed E-state index contributed by atoms with van der Waals surface area (Å²) in [5.41, 5.74) is 3.96. The molecule has 0 bridgehead atoms. The minimum atomic E-state index is -0.973. The normalized spacial score (nSPS) is 10.3. The predicted octanol–water partition coefficient (Wildman–Crippen LogP) is 3.04. The van der Waals surface area contributed by atoms with E-state index >= 15 is 0 Å². The van der Waals surface area contributed by atoms with Crippen molar-refractivity contribution in [3.63, 3.8) is 0 Å². The van der Waals surface area contributed by atoms with Crippen LogP contribution in [0.25, 0.3) is 0 Å². The second kappa shape index (κ2) is 14.4. The van der Waals surface area contributed by atoms with Crippen molar-refractivity contribution in [2.45, 2.75) is 6.54 Å². The van der Waals surface area contributed by atoms with Crippen molar-refractivity contribution in [3.05, 3.63) is 96.6 Å². The van der Waals surface area contributed by atoms with Crippen molar-refractivity contribution in [3.8, 4) is 17.2 Å². The monoisotopic (exact) mass is 516 g/mol. The summed E-state index contributed by atoms with van der Waals surface area (Å²) in [5.74, 6) is -0.978. The first-order chi connectivity index (χ1) is 18.5. The Morgan fingerprint density at radius 3 is 2.39 bits per heavy atom.